The van der Waals surface area contributed by atoms with Crippen LogP contribution in [-0.4, -0.2) is 6.61 Å². The fourth-order valence-corrected chi connectivity index (χ4v) is 2.19. The van der Waals surface area contributed by atoms with Crippen LogP contribution in [0.2, 0.25) is 0 Å². The van der Waals surface area contributed by atoms with E-state index >= 15 is 0 Å². The first-order valence-corrected chi connectivity index (χ1v) is 7.45. The van der Waals surface area contributed by atoms with Crippen molar-refractivity contribution in [2.45, 2.75) is 39.5 Å². The minimum absolute atomic E-state index is 0.00122. The highest BCUT2D eigenvalue weighted by molar-refractivity contribution is 5.66. The molecule has 21 heavy (non-hydrogen) atoms. The second kappa shape index (κ2) is 6.30. The molecule has 1 nitrogen and oxygen atoms in total. The van der Waals surface area contributed by atoms with Crippen LogP contribution in [0.1, 0.15) is 39.7 Å². The summed E-state index contributed by atoms with van der Waals surface area (Å²) in [4.78, 5) is 0. The molecule has 0 N–H and O–H groups in total. The van der Waals surface area contributed by atoms with Crippen LogP contribution in [0.5, 0.6) is 5.75 Å². The molecule has 0 saturated heterocycles. The molecule has 2 heteroatoms. The molecule has 0 aliphatic heterocycles. The summed E-state index contributed by atoms with van der Waals surface area (Å²) < 4.78 is 19.8. The maximum atomic E-state index is 14.2. The highest BCUT2D eigenvalue weighted by Gasteiger charge is 2.16. The summed E-state index contributed by atoms with van der Waals surface area (Å²) in [6.45, 7) is 9.13. The van der Waals surface area contributed by atoms with E-state index in [0.717, 1.165) is 23.3 Å². The first-order chi connectivity index (χ1) is 9.91. The topological polar surface area (TPSA) is 9.23 Å². The molecule has 0 saturated carbocycles. The minimum Gasteiger partial charge on any atom is -0.494 e. The lowest BCUT2D eigenvalue weighted by atomic mass is 9.85. The van der Waals surface area contributed by atoms with Crippen molar-refractivity contribution in [1.82, 2.24) is 0 Å². The van der Waals surface area contributed by atoms with Crippen LogP contribution in [0.4, 0.5) is 4.39 Å². The lowest BCUT2D eigenvalue weighted by Crippen LogP contribution is -2.11. The van der Waals surface area contributed by atoms with Crippen molar-refractivity contribution in [2.75, 3.05) is 6.61 Å². The van der Waals surface area contributed by atoms with E-state index in [4.69, 9.17) is 4.74 Å². The molecule has 0 amide bonds. The van der Waals surface area contributed by atoms with E-state index in [2.05, 4.69) is 27.7 Å². The average Bonchev–Trinajstić information content (AvgIpc) is 2.44. The summed E-state index contributed by atoms with van der Waals surface area (Å²) in [7, 11) is 0. The van der Waals surface area contributed by atoms with Gasteiger partial charge >= 0.3 is 0 Å². The maximum absolute atomic E-state index is 14.2. The third-order valence-electron chi connectivity index (χ3n) is 3.45. The van der Waals surface area contributed by atoms with Gasteiger partial charge in [0.25, 0.3) is 0 Å². The Morgan fingerprint density at radius 3 is 2.48 bits per heavy atom. The molecule has 0 spiro atoms. The van der Waals surface area contributed by atoms with Gasteiger partial charge in [0, 0.05) is 5.56 Å². The molecule has 2 rings (SSSR count). The van der Waals surface area contributed by atoms with Gasteiger partial charge in [-0.05, 0) is 47.2 Å². The molecule has 0 unspecified atom stereocenters. The molecular weight excluding hydrogens is 263 g/mol. The predicted octanol–water partition coefficient (Wildman–Crippen LogP) is 5.58. The second-order valence-corrected chi connectivity index (χ2v) is 6.32. The number of rotatable bonds is 4. The number of ether oxygens (including phenoxy) is 1. The summed E-state index contributed by atoms with van der Waals surface area (Å²) in [5, 5.41) is 0. The third kappa shape index (κ3) is 3.84. The fourth-order valence-electron chi connectivity index (χ4n) is 2.19. The molecule has 0 bridgehead atoms. The second-order valence-electron chi connectivity index (χ2n) is 6.32. The first kappa shape index (κ1) is 15.6. The number of hydrogen-bond acceptors (Lipinski definition) is 1. The fraction of sp³-hybridized carbons (Fsp3) is 0.368. The van der Waals surface area contributed by atoms with E-state index in [1.165, 1.54) is 0 Å². The van der Waals surface area contributed by atoms with E-state index in [0.29, 0.717) is 12.2 Å². The van der Waals surface area contributed by atoms with Crippen molar-refractivity contribution < 1.29 is 9.13 Å². The molecule has 0 radical (unpaired) electrons. The zero-order chi connectivity index (χ0) is 15.5. The summed E-state index contributed by atoms with van der Waals surface area (Å²) >= 11 is 0. The van der Waals surface area contributed by atoms with Crippen molar-refractivity contribution in [2.24, 2.45) is 0 Å². The molecule has 0 aliphatic rings. The molecule has 0 atom stereocenters. The van der Waals surface area contributed by atoms with Gasteiger partial charge in [0.1, 0.15) is 11.6 Å². The third-order valence-corrected chi connectivity index (χ3v) is 3.45. The van der Waals surface area contributed by atoms with E-state index in [9.17, 15) is 4.39 Å². The lowest BCUT2D eigenvalue weighted by molar-refractivity contribution is 0.317. The summed E-state index contributed by atoms with van der Waals surface area (Å²) in [6, 6.07) is 13.0. The number of benzene rings is 2. The first-order valence-electron chi connectivity index (χ1n) is 7.45. The van der Waals surface area contributed by atoms with Crippen molar-refractivity contribution >= 4 is 0 Å². The minimum atomic E-state index is -0.198. The monoisotopic (exact) mass is 286 g/mol. The molecule has 0 aromatic heterocycles. The molecular formula is C19H23FO. The van der Waals surface area contributed by atoms with E-state index in [1.54, 1.807) is 6.07 Å². The van der Waals surface area contributed by atoms with Crippen LogP contribution in [-0.2, 0) is 5.41 Å². The van der Waals surface area contributed by atoms with Gasteiger partial charge < -0.3 is 4.74 Å². The molecule has 112 valence electrons. The largest absolute Gasteiger partial charge is 0.494 e. The molecule has 2 aromatic rings. The zero-order valence-electron chi connectivity index (χ0n) is 13.2. The van der Waals surface area contributed by atoms with Crippen LogP contribution < -0.4 is 4.74 Å². The average molecular weight is 286 g/mol. The van der Waals surface area contributed by atoms with Crippen molar-refractivity contribution in [3.8, 4) is 16.9 Å². The zero-order valence-corrected chi connectivity index (χ0v) is 13.2. The Morgan fingerprint density at radius 2 is 1.81 bits per heavy atom. The Kier molecular flexibility index (Phi) is 4.66. The summed E-state index contributed by atoms with van der Waals surface area (Å²) in [5.41, 5.74) is 2.61. The molecule has 2 aromatic carbocycles. The van der Waals surface area contributed by atoms with E-state index in [-0.39, 0.29) is 11.2 Å². The van der Waals surface area contributed by atoms with Gasteiger partial charge in [0.2, 0.25) is 0 Å². The number of hydrogen-bond donors (Lipinski definition) is 0. The molecule has 0 fully saturated rings. The smallest absolute Gasteiger partial charge is 0.131 e. The Balaban J connectivity index is 2.41. The lowest BCUT2D eigenvalue weighted by Gasteiger charge is -2.20. The highest BCUT2D eigenvalue weighted by Crippen LogP contribution is 2.31. The molecule has 0 heterocycles. The van der Waals surface area contributed by atoms with Crippen molar-refractivity contribution in [1.29, 1.82) is 0 Å². The van der Waals surface area contributed by atoms with Gasteiger partial charge in [-0.15, -0.1) is 0 Å². The maximum Gasteiger partial charge on any atom is 0.131 e. The Labute approximate surface area is 126 Å². The predicted molar refractivity (Wildman–Crippen MR) is 86.3 cm³/mol. The summed E-state index contributed by atoms with van der Waals surface area (Å²) in [5.74, 6) is 0.588. The van der Waals surface area contributed by atoms with Crippen molar-refractivity contribution in [3.63, 3.8) is 0 Å². The van der Waals surface area contributed by atoms with Crippen molar-refractivity contribution in [3.05, 3.63) is 53.8 Å². The number of halogens is 1. The Morgan fingerprint density at radius 1 is 1.05 bits per heavy atom. The quantitative estimate of drug-likeness (QED) is 0.713. The van der Waals surface area contributed by atoms with Gasteiger partial charge in [-0.3, -0.25) is 0 Å². The summed E-state index contributed by atoms with van der Waals surface area (Å²) in [6.07, 6.45) is 0.956. The van der Waals surface area contributed by atoms with Gasteiger partial charge in [0.05, 0.1) is 6.61 Å². The van der Waals surface area contributed by atoms with Gasteiger partial charge in [-0.2, -0.15) is 0 Å². The van der Waals surface area contributed by atoms with E-state index < -0.39 is 0 Å². The van der Waals surface area contributed by atoms with E-state index in [1.807, 2.05) is 36.4 Å². The van der Waals surface area contributed by atoms with Crippen LogP contribution in [0, 0.1) is 5.82 Å². The Hall–Kier alpha value is -1.83. The van der Waals surface area contributed by atoms with Crippen LogP contribution in [0.15, 0.2) is 42.5 Å². The van der Waals surface area contributed by atoms with Crippen LogP contribution in [0.3, 0.4) is 0 Å². The van der Waals surface area contributed by atoms with Gasteiger partial charge in [-0.25, -0.2) is 4.39 Å². The van der Waals surface area contributed by atoms with Crippen LogP contribution in [0.25, 0.3) is 11.1 Å². The SMILES string of the molecule is CCCOc1cccc(-c2cc(C(C)(C)C)ccc2F)c1. The molecule has 0 aliphatic carbocycles. The highest BCUT2D eigenvalue weighted by atomic mass is 19.1. The van der Waals surface area contributed by atoms with Gasteiger partial charge in [0.15, 0.2) is 0 Å². The normalized spacial score (nSPS) is 11.5. The van der Waals surface area contributed by atoms with Crippen LogP contribution >= 0.6 is 0 Å². The Bertz CT molecular complexity index is 611. The van der Waals surface area contributed by atoms with Gasteiger partial charge in [-0.1, -0.05) is 45.9 Å². The standard InChI is InChI=1S/C19H23FO/c1-5-11-21-16-8-6-7-14(12-16)17-13-15(19(2,3)4)9-10-18(17)20/h6-10,12-13H,5,11H2,1-4H3.